The molecule has 3 aromatic carbocycles. The van der Waals surface area contributed by atoms with Crippen molar-refractivity contribution >= 4 is 44.1 Å². The maximum absolute atomic E-state index is 13.6. The Hall–Kier alpha value is -4.57. The first-order valence-electron chi connectivity index (χ1n) is 12.8. The predicted octanol–water partition coefficient (Wildman–Crippen LogP) is 5.36. The Morgan fingerprint density at radius 1 is 1.15 bits per heavy atom. The number of carbonyl (C=O) groups is 2. The number of carbonyl (C=O) groups excluding carboxylic acids is 2. The van der Waals surface area contributed by atoms with Crippen LogP contribution in [0.25, 0.3) is 16.0 Å². The number of hydrogen-bond donors (Lipinski definition) is 2. The van der Waals surface area contributed by atoms with Crippen molar-refractivity contribution < 1.29 is 34.0 Å². The van der Waals surface area contributed by atoms with E-state index in [2.05, 4.69) is 4.98 Å². The molecule has 2 aliphatic rings. The molecule has 0 spiro atoms. The normalized spacial score (nSPS) is 19.6. The molecule has 4 aromatic rings. The zero-order valence-corrected chi connectivity index (χ0v) is 22.8. The number of methoxy groups -OCH3 is 1. The van der Waals surface area contributed by atoms with Crippen molar-refractivity contribution in [1.82, 2.24) is 4.98 Å². The summed E-state index contributed by atoms with van der Waals surface area (Å²) in [7, 11) is 1.56. The van der Waals surface area contributed by atoms with Crippen molar-refractivity contribution in [3.8, 4) is 23.0 Å². The number of hydrogen-bond acceptors (Lipinski definition) is 9. The van der Waals surface area contributed by atoms with Crippen LogP contribution in [0, 0.1) is 0 Å². The van der Waals surface area contributed by atoms with Gasteiger partial charge in [0.15, 0.2) is 16.6 Å². The molecule has 1 saturated heterocycles. The molecule has 204 valence electrons. The van der Waals surface area contributed by atoms with Crippen molar-refractivity contribution in [3.63, 3.8) is 0 Å². The van der Waals surface area contributed by atoms with Crippen LogP contribution in [0.3, 0.4) is 0 Å². The number of ketones is 1. The molecule has 1 fully saturated rings. The molecular formula is C30H26N2O7S. The van der Waals surface area contributed by atoms with Gasteiger partial charge in [-0.25, -0.2) is 4.98 Å². The van der Waals surface area contributed by atoms with Crippen LogP contribution < -0.4 is 19.1 Å². The Morgan fingerprint density at radius 2 is 1.98 bits per heavy atom. The fourth-order valence-corrected chi connectivity index (χ4v) is 6.19. The molecule has 0 radical (unpaired) electrons. The van der Waals surface area contributed by atoms with Gasteiger partial charge >= 0.3 is 5.91 Å². The molecule has 10 heteroatoms. The number of amides is 1. The molecule has 0 aliphatic carbocycles. The van der Waals surface area contributed by atoms with Gasteiger partial charge in [-0.1, -0.05) is 17.4 Å². The first-order chi connectivity index (χ1) is 19.3. The SMILES string of the molecule is CCOc1cc(C2/C(=C(\O)c3ccc4c(c3)CC(C)O4)C(=O)C(=O)N2c2nc3ccc(OC)cc3s2)ccc1O. The van der Waals surface area contributed by atoms with E-state index in [0.717, 1.165) is 16.0 Å². The number of nitrogens with zero attached hydrogens (tertiary/aromatic N) is 2. The fourth-order valence-electron chi connectivity index (χ4n) is 5.16. The first-order valence-corrected chi connectivity index (χ1v) is 13.6. The molecule has 9 nitrogen and oxygen atoms in total. The molecular weight excluding hydrogens is 532 g/mol. The van der Waals surface area contributed by atoms with E-state index in [1.807, 2.05) is 13.0 Å². The molecule has 0 bridgehead atoms. The number of phenols is 1. The molecule has 2 unspecified atom stereocenters. The summed E-state index contributed by atoms with van der Waals surface area (Å²) in [5, 5.41) is 22.2. The number of anilines is 1. The van der Waals surface area contributed by atoms with Gasteiger partial charge in [0.25, 0.3) is 5.78 Å². The van der Waals surface area contributed by atoms with Crippen LogP contribution >= 0.6 is 11.3 Å². The van der Waals surface area contributed by atoms with Crippen molar-refractivity contribution in [1.29, 1.82) is 0 Å². The zero-order chi connectivity index (χ0) is 28.1. The Balaban J connectivity index is 1.54. The van der Waals surface area contributed by atoms with Gasteiger partial charge in [0.2, 0.25) is 0 Å². The summed E-state index contributed by atoms with van der Waals surface area (Å²) in [6.45, 7) is 4.04. The molecule has 0 saturated carbocycles. The molecule has 2 aliphatic heterocycles. The summed E-state index contributed by atoms with van der Waals surface area (Å²) in [6.07, 6.45) is 0.670. The van der Waals surface area contributed by atoms with E-state index in [0.29, 0.717) is 35.4 Å². The van der Waals surface area contributed by atoms with Gasteiger partial charge in [-0.15, -0.1) is 0 Å². The van der Waals surface area contributed by atoms with Gasteiger partial charge in [-0.05, 0) is 73.5 Å². The second-order valence-corrected chi connectivity index (χ2v) is 10.6. The topological polar surface area (TPSA) is 118 Å². The summed E-state index contributed by atoms with van der Waals surface area (Å²) in [5.74, 6) is -0.480. The van der Waals surface area contributed by atoms with E-state index in [9.17, 15) is 19.8 Å². The predicted molar refractivity (Wildman–Crippen MR) is 150 cm³/mol. The lowest BCUT2D eigenvalue weighted by atomic mass is 9.94. The highest BCUT2D eigenvalue weighted by molar-refractivity contribution is 7.22. The highest BCUT2D eigenvalue weighted by atomic mass is 32.1. The van der Waals surface area contributed by atoms with E-state index in [1.165, 1.54) is 22.3 Å². The maximum atomic E-state index is 13.6. The van der Waals surface area contributed by atoms with Crippen molar-refractivity contribution in [2.75, 3.05) is 18.6 Å². The van der Waals surface area contributed by atoms with Crippen LogP contribution in [0.2, 0.25) is 0 Å². The third-order valence-corrected chi connectivity index (χ3v) is 8.02. The van der Waals surface area contributed by atoms with Gasteiger partial charge in [-0.3, -0.25) is 14.5 Å². The monoisotopic (exact) mass is 558 g/mol. The van der Waals surface area contributed by atoms with Gasteiger partial charge in [-0.2, -0.15) is 0 Å². The highest BCUT2D eigenvalue weighted by Gasteiger charge is 2.48. The van der Waals surface area contributed by atoms with Crippen molar-refractivity contribution in [2.45, 2.75) is 32.4 Å². The fraction of sp³-hybridized carbons (Fsp3) is 0.233. The number of aromatic nitrogens is 1. The Kier molecular flexibility index (Phi) is 6.34. The Labute approximate surface area is 233 Å². The lowest BCUT2D eigenvalue weighted by molar-refractivity contribution is -0.132. The van der Waals surface area contributed by atoms with Gasteiger partial charge in [0.1, 0.15) is 23.4 Å². The number of rotatable bonds is 6. The third kappa shape index (κ3) is 4.21. The second kappa shape index (κ2) is 9.87. The van der Waals surface area contributed by atoms with Crippen LogP contribution in [-0.2, 0) is 16.0 Å². The van der Waals surface area contributed by atoms with Crippen LogP contribution in [0.15, 0.2) is 60.2 Å². The minimum atomic E-state index is -1.02. The third-order valence-electron chi connectivity index (χ3n) is 7.00. The van der Waals surface area contributed by atoms with Crippen LogP contribution in [0.5, 0.6) is 23.0 Å². The molecule has 1 amide bonds. The molecule has 1 aromatic heterocycles. The summed E-state index contributed by atoms with van der Waals surface area (Å²) >= 11 is 1.23. The van der Waals surface area contributed by atoms with E-state index in [4.69, 9.17) is 14.2 Å². The molecule has 3 heterocycles. The first kappa shape index (κ1) is 25.7. The molecule has 6 rings (SSSR count). The largest absolute Gasteiger partial charge is 0.507 e. The van der Waals surface area contributed by atoms with Crippen LogP contribution in [0.4, 0.5) is 5.13 Å². The molecule has 40 heavy (non-hydrogen) atoms. The van der Waals surface area contributed by atoms with E-state index >= 15 is 0 Å². The number of Topliss-reactive ketones (excluding diaryl/α,β-unsaturated/α-hetero) is 1. The summed E-state index contributed by atoms with van der Waals surface area (Å²) < 4.78 is 17.5. The lowest BCUT2D eigenvalue weighted by Crippen LogP contribution is -2.29. The lowest BCUT2D eigenvalue weighted by Gasteiger charge is -2.23. The summed E-state index contributed by atoms with van der Waals surface area (Å²) in [6, 6.07) is 14.2. The number of fused-ring (bicyclic) bond motifs is 2. The number of ether oxygens (including phenoxy) is 3. The van der Waals surface area contributed by atoms with Gasteiger partial charge in [0.05, 0.1) is 35.5 Å². The number of benzene rings is 3. The quantitative estimate of drug-likeness (QED) is 0.185. The van der Waals surface area contributed by atoms with Crippen molar-refractivity contribution in [2.24, 2.45) is 0 Å². The van der Waals surface area contributed by atoms with Crippen LogP contribution in [0.1, 0.15) is 36.6 Å². The number of aliphatic hydroxyl groups is 1. The minimum Gasteiger partial charge on any atom is -0.507 e. The maximum Gasteiger partial charge on any atom is 0.301 e. The second-order valence-electron chi connectivity index (χ2n) is 9.61. The number of aromatic hydroxyl groups is 1. The number of aliphatic hydroxyl groups excluding tert-OH is 1. The van der Waals surface area contributed by atoms with Crippen LogP contribution in [-0.4, -0.2) is 46.7 Å². The average Bonchev–Trinajstić information content (AvgIpc) is 3.61. The van der Waals surface area contributed by atoms with E-state index < -0.39 is 17.7 Å². The van der Waals surface area contributed by atoms with Gasteiger partial charge in [0, 0.05) is 12.0 Å². The van der Waals surface area contributed by atoms with E-state index in [1.54, 1.807) is 56.5 Å². The summed E-state index contributed by atoms with van der Waals surface area (Å²) in [5.41, 5.74) is 2.33. The standard InChI is InChI=1S/C30H26N2O7S/c1-4-38-23-13-16(5-9-21(23)33)26-25(27(34)17-6-10-22-18(12-17)11-15(2)39-22)28(35)29(36)32(26)30-31-20-8-7-19(37-3)14-24(20)40-30/h5-10,12-15,26,33-34H,4,11H2,1-3H3/b27-25+. The highest BCUT2D eigenvalue weighted by Crippen LogP contribution is 2.46. The van der Waals surface area contributed by atoms with Gasteiger partial charge < -0.3 is 24.4 Å². The smallest absolute Gasteiger partial charge is 0.301 e. The molecule has 2 N–H and O–H groups in total. The molecule has 2 atom stereocenters. The Bertz CT molecular complexity index is 1710. The summed E-state index contributed by atoms with van der Waals surface area (Å²) in [4.78, 5) is 33.2. The minimum absolute atomic E-state index is 0.00428. The van der Waals surface area contributed by atoms with E-state index in [-0.39, 0.29) is 34.1 Å². The number of phenolic OH excluding ortho intramolecular Hbond substituents is 1. The average molecular weight is 559 g/mol. The number of thiazole rings is 1. The van der Waals surface area contributed by atoms with Crippen molar-refractivity contribution in [3.05, 3.63) is 76.9 Å². The Morgan fingerprint density at radius 3 is 2.75 bits per heavy atom. The zero-order valence-electron chi connectivity index (χ0n) is 22.0.